The van der Waals surface area contributed by atoms with Crippen LogP contribution >= 0.6 is 11.3 Å². The Labute approximate surface area is 127 Å². The molecule has 2 heteroatoms. The predicted molar refractivity (Wildman–Crippen MR) is 89.7 cm³/mol. The van der Waals surface area contributed by atoms with Crippen LogP contribution in [0.1, 0.15) is 46.5 Å². The summed E-state index contributed by atoms with van der Waals surface area (Å²) in [7, 11) is 0. The van der Waals surface area contributed by atoms with Crippen LogP contribution in [-0.2, 0) is 6.42 Å². The molecule has 0 aliphatic carbocycles. The first-order valence-electron chi connectivity index (χ1n) is 7.46. The molecular formula is C18H25NS. The molecule has 1 heterocycles. The van der Waals surface area contributed by atoms with Crippen LogP contribution in [0, 0.1) is 20.8 Å². The summed E-state index contributed by atoms with van der Waals surface area (Å²) in [5.74, 6) is 0. The third-order valence-corrected chi connectivity index (χ3v) is 5.04. The van der Waals surface area contributed by atoms with E-state index < -0.39 is 0 Å². The molecule has 1 unspecified atom stereocenters. The minimum atomic E-state index is 0.440. The van der Waals surface area contributed by atoms with Crippen LogP contribution < -0.4 is 5.32 Å². The Bertz CT molecular complexity index is 536. The highest BCUT2D eigenvalue weighted by Crippen LogP contribution is 2.28. The zero-order valence-corrected chi connectivity index (χ0v) is 13.8. The largest absolute Gasteiger partial charge is 0.309 e. The van der Waals surface area contributed by atoms with E-state index in [-0.39, 0.29) is 0 Å². The van der Waals surface area contributed by atoms with Gasteiger partial charge in [0.25, 0.3) is 0 Å². The lowest BCUT2D eigenvalue weighted by atomic mass is 9.95. The topological polar surface area (TPSA) is 12.0 Å². The highest BCUT2D eigenvalue weighted by molar-refractivity contribution is 7.10. The van der Waals surface area contributed by atoms with Crippen molar-refractivity contribution >= 4 is 11.3 Å². The van der Waals surface area contributed by atoms with Gasteiger partial charge in [0.2, 0.25) is 0 Å². The zero-order chi connectivity index (χ0) is 14.5. The Kier molecular flexibility index (Phi) is 5.38. The average Bonchev–Trinajstić information content (AvgIpc) is 2.84. The Morgan fingerprint density at radius 3 is 2.30 bits per heavy atom. The number of hydrogen-bond donors (Lipinski definition) is 1. The van der Waals surface area contributed by atoms with Crippen LogP contribution in [0.4, 0.5) is 0 Å². The molecule has 0 radical (unpaired) electrons. The van der Waals surface area contributed by atoms with Gasteiger partial charge >= 0.3 is 0 Å². The van der Waals surface area contributed by atoms with E-state index >= 15 is 0 Å². The van der Waals surface area contributed by atoms with Crippen molar-refractivity contribution in [3.05, 3.63) is 56.8 Å². The fourth-order valence-electron chi connectivity index (χ4n) is 2.69. The molecule has 0 bridgehead atoms. The molecule has 1 nitrogen and oxygen atoms in total. The lowest BCUT2D eigenvalue weighted by molar-refractivity contribution is 0.533. The highest BCUT2D eigenvalue weighted by atomic mass is 32.1. The molecule has 0 saturated heterocycles. The van der Waals surface area contributed by atoms with E-state index in [1.54, 1.807) is 0 Å². The standard InChI is InChI=1S/C18H25NS/c1-5-10-19-17(18-15(4)9-11-20-18)12-16-13(2)7-6-8-14(16)3/h6-9,11,17,19H,5,10,12H2,1-4H3. The van der Waals surface area contributed by atoms with Crippen LogP contribution in [-0.4, -0.2) is 6.54 Å². The summed E-state index contributed by atoms with van der Waals surface area (Å²) in [6.07, 6.45) is 2.26. The second kappa shape index (κ2) is 7.05. The van der Waals surface area contributed by atoms with E-state index in [2.05, 4.69) is 62.7 Å². The molecule has 20 heavy (non-hydrogen) atoms. The Balaban J connectivity index is 2.26. The first-order valence-corrected chi connectivity index (χ1v) is 8.34. The maximum absolute atomic E-state index is 3.73. The maximum Gasteiger partial charge on any atom is 0.0458 e. The van der Waals surface area contributed by atoms with E-state index in [1.807, 2.05) is 11.3 Å². The van der Waals surface area contributed by atoms with Gasteiger partial charge in [-0.1, -0.05) is 25.1 Å². The van der Waals surface area contributed by atoms with Gasteiger partial charge in [0.15, 0.2) is 0 Å². The van der Waals surface area contributed by atoms with Gasteiger partial charge in [0.05, 0.1) is 0 Å². The summed E-state index contributed by atoms with van der Waals surface area (Å²) in [6.45, 7) is 9.97. The second-order valence-electron chi connectivity index (χ2n) is 5.55. The number of benzene rings is 1. The zero-order valence-electron chi connectivity index (χ0n) is 13.0. The molecule has 0 aliphatic heterocycles. The lowest BCUT2D eigenvalue weighted by Gasteiger charge is -2.21. The molecule has 0 saturated carbocycles. The summed E-state index contributed by atoms with van der Waals surface area (Å²) in [5.41, 5.74) is 5.72. The second-order valence-corrected chi connectivity index (χ2v) is 6.50. The normalized spacial score (nSPS) is 12.6. The third kappa shape index (κ3) is 3.50. The van der Waals surface area contributed by atoms with E-state index in [9.17, 15) is 0 Å². The number of thiophene rings is 1. The van der Waals surface area contributed by atoms with Crippen molar-refractivity contribution in [3.63, 3.8) is 0 Å². The number of aryl methyl sites for hydroxylation is 3. The van der Waals surface area contributed by atoms with Gasteiger partial charge in [-0.05, 0) is 73.9 Å². The number of rotatable bonds is 6. The minimum absolute atomic E-state index is 0.440. The fourth-order valence-corrected chi connectivity index (χ4v) is 3.70. The molecule has 2 rings (SSSR count). The SMILES string of the molecule is CCCNC(Cc1c(C)cccc1C)c1sccc1C. The molecule has 1 N–H and O–H groups in total. The molecule has 2 aromatic rings. The summed E-state index contributed by atoms with van der Waals surface area (Å²) in [6, 6.07) is 9.26. The third-order valence-electron chi connectivity index (χ3n) is 3.91. The maximum atomic E-state index is 3.73. The van der Waals surface area contributed by atoms with Crippen molar-refractivity contribution in [2.45, 2.75) is 46.6 Å². The molecule has 0 spiro atoms. The molecule has 0 fully saturated rings. The number of hydrogen-bond acceptors (Lipinski definition) is 2. The highest BCUT2D eigenvalue weighted by Gasteiger charge is 2.17. The molecule has 1 aromatic carbocycles. The van der Waals surface area contributed by atoms with Crippen LogP contribution in [0.3, 0.4) is 0 Å². The van der Waals surface area contributed by atoms with E-state index in [4.69, 9.17) is 0 Å². The van der Waals surface area contributed by atoms with Crippen molar-refractivity contribution < 1.29 is 0 Å². The summed E-state index contributed by atoms with van der Waals surface area (Å²) < 4.78 is 0. The summed E-state index contributed by atoms with van der Waals surface area (Å²) >= 11 is 1.88. The van der Waals surface area contributed by atoms with Gasteiger partial charge in [-0.2, -0.15) is 0 Å². The van der Waals surface area contributed by atoms with Gasteiger partial charge in [0, 0.05) is 10.9 Å². The molecule has 1 atom stereocenters. The Morgan fingerprint density at radius 2 is 1.75 bits per heavy atom. The van der Waals surface area contributed by atoms with Crippen LogP contribution in [0.15, 0.2) is 29.6 Å². The van der Waals surface area contributed by atoms with Crippen LogP contribution in [0.25, 0.3) is 0 Å². The molecule has 0 amide bonds. The lowest BCUT2D eigenvalue weighted by Crippen LogP contribution is -2.24. The van der Waals surface area contributed by atoms with Gasteiger partial charge in [-0.3, -0.25) is 0 Å². The van der Waals surface area contributed by atoms with Crippen LogP contribution in [0.2, 0.25) is 0 Å². The monoisotopic (exact) mass is 287 g/mol. The van der Waals surface area contributed by atoms with Crippen molar-refractivity contribution in [1.29, 1.82) is 0 Å². The minimum Gasteiger partial charge on any atom is -0.309 e. The van der Waals surface area contributed by atoms with Gasteiger partial charge in [-0.15, -0.1) is 11.3 Å². The first kappa shape index (κ1) is 15.3. The van der Waals surface area contributed by atoms with Gasteiger partial charge in [0.1, 0.15) is 0 Å². The fraction of sp³-hybridized carbons (Fsp3) is 0.444. The predicted octanol–water partition coefficient (Wildman–Crippen LogP) is 4.96. The van der Waals surface area contributed by atoms with Gasteiger partial charge < -0.3 is 5.32 Å². The molecule has 1 aromatic heterocycles. The Hall–Kier alpha value is -1.12. The Morgan fingerprint density at radius 1 is 1.05 bits per heavy atom. The number of nitrogens with one attached hydrogen (secondary N) is 1. The summed E-state index contributed by atoms with van der Waals surface area (Å²) in [4.78, 5) is 1.49. The molecular weight excluding hydrogens is 262 g/mol. The average molecular weight is 287 g/mol. The van der Waals surface area contributed by atoms with E-state index in [0.29, 0.717) is 6.04 Å². The van der Waals surface area contributed by atoms with E-state index in [0.717, 1.165) is 13.0 Å². The molecule has 0 aliphatic rings. The summed E-state index contributed by atoms with van der Waals surface area (Å²) in [5, 5.41) is 5.93. The molecule has 108 valence electrons. The van der Waals surface area contributed by atoms with Crippen LogP contribution in [0.5, 0.6) is 0 Å². The van der Waals surface area contributed by atoms with Gasteiger partial charge in [-0.25, -0.2) is 0 Å². The van der Waals surface area contributed by atoms with Crippen molar-refractivity contribution in [2.24, 2.45) is 0 Å². The smallest absolute Gasteiger partial charge is 0.0458 e. The quantitative estimate of drug-likeness (QED) is 0.792. The van der Waals surface area contributed by atoms with Crippen molar-refractivity contribution in [1.82, 2.24) is 5.32 Å². The van der Waals surface area contributed by atoms with E-state index in [1.165, 1.54) is 33.6 Å². The van der Waals surface area contributed by atoms with Crippen molar-refractivity contribution in [2.75, 3.05) is 6.54 Å². The first-order chi connectivity index (χ1) is 9.63. The van der Waals surface area contributed by atoms with Crippen molar-refractivity contribution in [3.8, 4) is 0 Å².